The number of nitrogens with two attached hydrogens (primary N) is 1. The molecule has 3 N–H and O–H groups in total. The van der Waals surface area contributed by atoms with Gasteiger partial charge >= 0.3 is 0 Å². The topological polar surface area (TPSA) is 38.0 Å². The van der Waals surface area contributed by atoms with Gasteiger partial charge in [0.1, 0.15) is 0 Å². The van der Waals surface area contributed by atoms with Crippen LogP contribution in [-0.2, 0) is 12.8 Å². The summed E-state index contributed by atoms with van der Waals surface area (Å²) in [6.07, 6.45) is 5.05. The predicted octanol–water partition coefficient (Wildman–Crippen LogP) is 1.65. The van der Waals surface area contributed by atoms with E-state index in [1.807, 2.05) is 6.08 Å². The van der Waals surface area contributed by atoms with E-state index >= 15 is 0 Å². The monoisotopic (exact) mass is 216 g/mol. The highest BCUT2D eigenvalue weighted by atomic mass is 15.0. The van der Waals surface area contributed by atoms with Gasteiger partial charge in [-0.3, -0.25) is 0 Å². The summed E-state index contributed by atoms with van der Waals surface area (Å²) in [6.45, 7) is 5.40. The standard InChI is InChI=1S/C14H20N2/c1-2-3-8-16-14(11-15)9-12-6-4-5-7-13(12)10-14/h2,4-7,16H,1,3,8-11,15H2. The smallest absolute Gasteiger partial charge is 0.0385 e. The lowest BCUT2D eigenvalue weighted by Gasteiger charge is -2.28. The average molecular weight is 216 g/mol. The van der Waals surface area contributed by atoms with Gasteiger partial charge in [-0.25, -0.2) is 0 Å². The van der Waals surface area contributed by atoms with E-state index in [-0.39, 0.29) is 5.54 Å². The third-order valence-corrected chi connectivity index (χ3v) is 3.42. The van der Waals surface area contributed by atoms with E-state index in [0.29, 0.717) is 6.54 Å². The molecule has 86 valence electrons. The fraction of sp³-hybridized carbons (Fsp3) is 0.429. The second-order valence-corrected chi connectivity index (χ2v) is 4.61. The maximum Gasteiger partial charge on any atom is 0.0385 e. The van der Waals surface area contributed by atoms with E-state index in [0.717, 1.165) is 25.8 Å². The van der Waals surface area contributed by atoms with Crippen molar-refractivity contribution in [3.63, 3.8) is 0 Å². The molecule has 1 aliphatic carbocycles. The molecule has 1 aliphatic rings. The van der Waals surface area contributed by atoms with Crippen molar-refractivity contribution in [2.45, 2.75) is 24.8 Å². The predicted molar refractivity (Wildman–Crippen MR) is 68.5 cm³/mol. The molecule has 0 aromatic heterocycles. The van der Waals surface area contributed by atoms with Gasteiger partial charge in [-0.1, -0.05) is 30.3 Å². The highest BCUT2D eigenvalue weighted by Crippen LogP contribution is 2.29. The van der Waals surface area contributed by atoms with Crippen LogP contribution in [0.25, 0.3) is 0 Å². The van der Waals surface area contributed by atoms with Crippen molar-refractivity contribution < 1.29 is 0 Å². The van der Waals surface area contributed by atoms with Crippen molar-refractivity contribution in [2.24, 2.45) is 5.73 Å². The molecular weight excluding hydrogens is 196 g/mol. The van der Waals surface area contributed by atoms with E-state index < -0.39 is 0 Å². The molecule has 0 atom stereocenters. The fourth-order valence-electron chi connectivity index (χ4n) is 2.47. The molecule has 0 fully saturated rings. The van der Waals surface area contributed by atoms with Crippen LogP contribution in [0.5, 0.6) is 0 Å². The van der Waals surface area contributed by atoms with Crippen LogP contribution in [0.2, 0.25) is 0 Å². The minimum atomic E-state index is 0.0761. The summed E-state index contributed by atoms with van der Waals surface area (Å²) in [6, 6.07) is 8.63. The van der Waals surface area contributed by atoms with Crippen LogP contribution < -0.4 is 11.1 Å². The number of nitrogens with one attached hydrogen (secondary N) is 1. The van der Waals surface area contributed by atoms with Crippen molar-refractivity contribution in [2.75, 3.05) is 13.1 Å². The molecule has 0 saturated carbocycles. The second-order valence-electron chi connectivity index (χ2n) is 4.61. The third kappa shape index (κ3) is 2.18. The zero-order valence-corrected chi connectivity index (χ0v) is 9.71. The summed E-state index contributed by atoms with van der Waals surface area (Å²) in [7, 11) is 0. The normalized spacial score (nSPS) is 17.1. The Morgan fingerprint density at radius 3 is 2.44 bits per heavy atom. The van der Waals surface area contributed by atoms with Gasteiger partial charge in [0, 0.05) is 12.1 Å². The first-order valence-corrected chi connectivity index (χ1v) is 5.92. The first-order chi connectivity index (χ1) is 7.79. The lowest BCUT2D eigenvalue weighted by Crippen LogP contribution is -2.52. The number of hydrogen-bond donors (Lipinski definition) is 2. The minimum absolute atomic E-state index is 0.0761. The van der Waals surface area contributed by atoms with Crippen LogP contribution in [-0.4, -0.2) is 18.6 Å². The summed E-state index contributed by atoms with van der Waals surface area (Å²) in [4.78, 5) is 0. The van der Waals surface area contributed by atoms with E-state index in [4.69, 9.17) is 5.73 Å². The molecule has 0 unspecified atom stereocenters. The Labute approximate surface area is 97.5 Å². The van der Waals surface area contributed by atoms with Crippen LogP contribution >= 0.6 is 0 Å². The van der Waals surface area contributed by atoms with Crippen molar-refractivity contribution in [3.8, 4) is 0 Å². The van der Waals surface area contributed by atoms with Gasteiger partial charge < -0.3 is 11.1 Å². The number of hydrogen-bond acceptors (Lipinski definition) is 2. The Kier molecular flexibility index (Phi) is 3.42. The quantitative estimate of drug-likeness (QED) is 0.580. The third-order valence-electron chi connectivity index (χ3n) is 3.42. The van der Waals surface area contributed by atoms with Crippen LogP contribution in [0.15, 0.2) is 36.9 Å². The molecule has 0 radical (unpaired) electrons. The van der Waals surface area contributed by atoms with Crippen molar-refractivity contribution in [3.05, 3.63) is 48.0 Å². The fourth-order valence-corrected chi connectivity index (χ4v) is 2.47. The van der Waals surface area contributed by atoms with Crippen LogP contribution in [0.1, 0.15) is 17.5 Å². The zero-order chi connectivity index (χ0) is 11.4. The Bertz CT molecular complexity index is 346. The first kappa shape index (κ1) is 11.4. The summed E-state index contributed by atoms with van der Waals surface area (Å²) in [5.74, 6) is 0. The maximum atomic E-state index is 5.94. The number of fused-ring (bicyclic) bond motifs is 1. The first-order valence-electron chi connectivity index (χ1n) is 5.92. The van der Waals surface area contributed by atoms with Gasteiger partial charge in [0.05, 0.1) is 0 Å². The molecule has 0 spiro atoms. The van der Waals surface area contributed by atoms with Gasteiger partial charge in [-0.05, 0) is 36.9 Å². The van der Waals surface area contributed by atoms with Gasteiger partial charge in [-0.2, -0.15) is 0 Å². The largest absolute Gasteiger partial charge is 0.329 e. The molecule has 1 aromatic carbocycles. The number of rotatable bonds is 5. The van der Waals surface area contributed by atoms with E-state index in [1.54, 1.807) is 0 Å². The maximum absolute atomic E-state index is 5.94. The summed E-state index contributed by atoms with van der Waals surface area (Å²) < 4.78 is 0. The molecule has 2 rings (SSSR count). The van der Waals surface area contributed by atoms with Gasteiger partial charge in [0.15, 0.2) is 0 Å². The Balaban J connectivity index is 2.07. The molecule has 0 amide bonds. The van der Waals surface area contributed by atoms with Crippen LogP contribution in [0.3, 0.4) is 0 Å². The SMILES string of the molecule is C=CCCNC1(CN)Cc2ccccc2C1. The Morgan fingerprint density at radius 1 is 1.31 bits per heavy atom. The molecule has 0 bridgehead atoms. The highest BCUT2D eigenvalue weighted by Gasteiger charge is 2.34. The Hall–Kier alpha value is -1.12. The minimum Gasteiger partial charge on any atom is -0.329 e. The van der Waals surface area contributed by atoms with Gasteiger partial charge in [0.25, 0.3) is 0 Å². The molecule has 0 aliphatic heterocycles. The van der Waals surface area contributed by atoms with E-state index in [9.17, 15) is 0 Å². The molecule has 1 aromatic rings. The Morgan fingerprint density at radius 2 is 1.94 bits per heavy atom. The molecule has 2 heteroatoms. The lowest BCUT2D eigenvalue weighted by atomic mass is 9.95. The summed E-state index contributed by atoms with van der Waals surface area (Å²) in [5, 5.41) is 3.60. The lowest BCUT2D eigenvalue weighted by molar-refractivity contribution is 0.352. The summed E-state index contributed by atoms with van der Waals surface area (Å²) >= 11 is 0. The van der Waals surface area contributed by atoms with E-state index in [2.05, 4.69) is 36.2 Å². The average Bonchev–Trinajstić information content (AvgIpc) is 2.68. The highest BCUT2D eigenvalue weighted by molar-refractivity contribution is 5.36. The number of benzene rings is 1. The van der Waals surface area contributed by atoms with Crippen molar-refractivity contribution in [1.29, 1.82) is 0 Å². The van der Waals surface area contributed by atoms with E-state index in [1.165, 1.54) is 11.1 Å². The molecule has 16 heavy (non-hydrogen) atoms. The summed E-state index contributed by atoms with van der Waals surface area (Å²) in [5.41, 5.74) is 8.91. The molecular formula is C14H20N2. The van der Waals surface area contributed by atoms with Crippen molar-refractivity contribution >= 4 is 0 Å². The van der Waals surface area contributed by atoms with Crippen LogP contribution in [0.4, 0.5) is 0 Å². The van der Waals surface area contributed by atoms with Gasteiger partial charge in [0.2, 0.25) is 0 Å². The second kappa shape index (κ2) is 4.81. The van der Waals surface area contributed by atoms with Gasteiger partial charge in [-0.15, -0.1) is 6.58 Å². The molecule has 0 heterocycles. The molecule has 2 nitrogen and oxygen atoms in total. The van der Waals surface area contributed by atoms with Crippen LogP contribution in [0, 0.1) is 0 Å². The molecule has 0 saturated heterocycles. The van der Waals surface area contributed by atoms with Crippen molar-refractivity contribution in [1.82, 2.24) is 5.32 Å². The zero-order valence-electron chi connectivity index (χ0n) is 9.71.